The van der Waals surface area contributed by atoms with Crippen LogP contribution in [0, 0.1) is 6.92 Å². The van der Waals surface area contributed by atoms with Crippen LogP contribution in [0.2, 0.25) is 0 Å². The van der Waals surface area contributed by atoms with Gasteiger partial charge in [0, 0.05) is 35.6 Å². The van der Waals surface area contributed by atoms with Crippen molar-refractivity contribution in [3.8, 4) is 0 Å². The second-order valence-corrected chi connectivity index (χ2v) is 6.54. The number of hydrogen-bond donors (Lipinski definition) is 1. The van der Waals surface area contributed by atoms with Gasteiger partial charge >= 0.3 is 0 Å². The summed E-state index contributed by atoms with van der Waals surface area (Å²) in [4.78, 5) is 0. The molecule has 0 aliphatic carbocycles. The van der Waals surface area contributed by atoms with E-state index >= 15 is 0 Å². The number of benzene rings is 1. The van der Waals surface area contributed by atoms with Gasteiger partial charge in [0.2, 0.25) is 0 Å². The van der Waals surface area contributed by atoms with Crippen LogP contribution in [0.15, 0.2) is 18.2 Å². The molecule has 0 aliphatic rings. The van der Waals surface area contributed by atoms with Crippen LogP contribution in [0.5, 0.6) is 0 Å². The fraction of sp³-hybridized carbons (Fsp3) is 0.529. The first-order valence-electron chi connectivity index (χ1n) is 7.09. The fourth-order valence-corrected chi connectivity index (χ4v) is 2.91. The zero-order valence-corrected chi connectivity index (χ0v) is 13.0. The molecule has 1 heterocycles. The first kappa shape index (κ1) is 14.1. The van der Waals surface area contributed by atoms with Crippen molar-refractivity contribution < 1.29 is 0 Å². The predicted molar refractivity (Wildman–Crippen MR) is 83.8 cm³/mol. The van der Waals surface area contributed by atoms with Crippen LogP contribution in [-0.2, 0) is 12.5 Å². The van der Waals surface area contributed by atoms with Crippen LogP contribution in [-0.4, -0.2) is 11.1 Å². The van der Waals surface area contributed by atoms with Crippen LogP contribution in [0.25, 0.3) is 10.9 Å². The van der Waals surface area contributed by atoms with Gasteiger partial charge in [-0.05, 0) is 36.1 Å². The zero-order valence-electron chi connectivity index (χ0n) is 13.0. The van der Waals surface area contributed by atoms with E-state index in [0.717, 1.165) is 0 Å². The first-order valence-corrected chi connectivity index (χ1v) is 7.09. The molecular formula is C17H26N2. The third-order valence-corrected chi connectivity index (χ3v) is 4.37. The van der Waals surface area contributed by atoms with Crippen molar-refractivity contribution in [1.82, 2.24) is 4.57 Å². The Kier molecular flexibility index (Phi) is 3.48. The lowest BCUT2D eigenvalue weighted by molar-refractivity contribution is 0.537. The first-order chi connectivity index (χ1) is 8.79. The molecule has 19 heavy (non-hydrogen) atoms. The Bertz CT molecular complexity index is 603. The molecule has 2 rings (SSSR count). The van der Waals surface area contributed by atoms with E-state index in [1.165, 1.54) is 27.7 Å². The molecule has 104 valence electrons. The molecule has 0 saturated carbocycles. The normalized spacial score (nSPS) is 12.6. The summed E-state index contributed by atoms with van der Waals surface area (Å²) in [6.07, 6.45) is 0. The Morgan fingerprint density at radius 1 is 1.26 bits per heavy atom. The van der Waals surface area contributed by atoms with Crippen molar-refractivity contribution in [1.29, 1.82) is 0 Å². The minimum atomic E-state index is 0.0131. The van der Waals surface area contributed by atoms with Crippen molar-refractivity contribution in [3.05, 3.63) is 35.0 Å². The van der Waals surface area contributed by atoms with Gasteiger partial charge in [-0.3, -0.25) is 0 Å². The maximum Gasteiger partial charge on any atom is 0.0483 e. The largest absolute Gasteiger partial charge is 0.348 e. The van der Waals surface area contributed by atoms with Crippen molar-refractivity contribution in [2.45, 2.75) is 46.0 Å². The quantitative estimate of drug-likeness (QED) is 0.890. The Balaban J connectivity index is 2.81. The molecule has 1 aromatic carbocycles. The average Bonchev–Trinajstić information content (AvgIpc) is 2.62. The summed E-state index contributed by atoms with van der Waals surface area (Å²) in [6, 6.07) is 6.83. The van der Waals surface area contributed by atoms with Gasteiger partial charge in [0.15, 0.2) is 0 Å². The van der Waals surface area contributed by atoms with Gasteiger partial charge < -0.3 is 10.3 Å². The summed E-state index contributed by atoms with van der Waals surface area (Å²) in [6.45, 7) is 11.8. The Morgan fingerprint density at radius 3 is 2.42 bits per heavy atom. The second kappa shape index (κ2) is 4.68. The lowest BCUT2D eigenvalue weighted by Gasteiger charge is -2.24. The number of aromatic nitrogens is 1. The average molecular weight is 258 g/mol. The molecule has 0 aliphatic heterocycles. The lowest BCUT2D eigenvalue weighted by atomic mass is 9.82. The van der Waals surface area contributed by atoms with Crippen LogP contribution < -0.4 is 5.73 Å². The number of fused-ring (bicyclic) bond motifs is 1. The summed E-state index contributed by atoms with van der Waals surface area (Å²) in [5.74, 6) is 0.554. The maximum atomic E-state index is 6.00. The van der Waals surface area contributed by atoms with E-state index < -0.39 is 0 Å². The lowest BCUT2D eigenvalue weighted by Crippen LogP contribution is -2.28. The van der Waals surface area contributed by atoms with Gasteiger partial charge in [0.05, 0.1) is 0 Å². The van der Waals surface area contributed by atoms with Crippen molar-refractivity contribution in [2.24, 2.45) is 12.8 Å². The minimum Gasteiger partial charge on any atom is -0.348 e. The summed E-state index contributed by atoms with van der Waals surface area (Å²) in [7, 11) is 2.14. The topological polar surface area (TPSA) is 30.9 Å². The third-order valence-electron chi connectivity index (χ3n) is 4.37. The van der Waals surface area contributed by atoms with E-state index in [-0.39, 0.29) is 5.41 Å². The molecule has 1 aromatic heterocycles. The van der Waals surface area contributed by atoms with Crippen LogP contribution in [0.3, 0.4) is 0 Å². The van der Waals surface area contributed by atoms with Crippen molar-refractivity contribution in [3.63, 3.8) is 0 Å². The molecule has 0 fully saturated rings. The summed E-state index contributed by atoms with van der Waals surface area (Å²) in [5, 5.41) is 1.36. The number of nitrogens with zero attached hydrogens (tertiary/aromatic N) is 1. The third kappa shape index (κ3) is 2.18. The van der Waals surface area contributed by atoms with Crippen LogP contribution in [0.4, 0.5) is 0 Å². The number of nitrogens with two attached hydrogens (primary N) is 1. The molecule has 0 saturated heterocycles. The van der Waals surface area contributed by atoms with E-state index in [1.807, 2.05) is 0 Å². The van der Waals surface area contributed by atoms with Gasteiger partial charge in [0.25, 0.3) is 0 Å². The highest BCUT2D eigenvalue weighted by molar-refractivity contribution is 5.87. The van der Waals surface area contributed by atoms with Crippen molar-refractivity contribution >= 4 is 10.9 Å². The van der Waals surface area contributed by atoms with E-state index in [0.29, 0.717) is 12.5 Å². The Morgan fingerprint density at radius 2 is 1.89 bits per heavy atom. The summed E-state index contributed by atoms with van der Waals surface area (Å²) in [5.41, 5.74) is 11.4. The summed E-state index contributed by atoms with van der Waals surface area (Å²) >= 11 is 0. The molecule has 0 bridgehead atoms. The highest BCUT2D eigenvalue weighted by atomic mass is 14.9. The monoisotopic (exact) mass is 258 g/mol. The Labute approximate surface area is 116 Å². The second-order valence-electron chi connectivity index (χ2n) is 6.54. The van der Waals surface area contributed by atoms with Crippen LogP contribution >= 0.6 is 0 Å². The highest BCUT2D eigenvalue weighted by Gasteiger charge is 2.26. The molecule has 0 unspecified atom stereocenters. The van der Waals surface area contributed by atoms with Gasteiger partial charge in [-0.1, -0.05) is 33.8 Å². The predicted octanol–water partition coefficient (Wildman–Crippen LogP) is 3.85. The van der Waals surface area contributed by atoms with E-state index in [4.69, 9.17) is 5.73 Å². The molecule has 2 N–H and O–H groups in total. The SMILES string of the molecule is Cc1c(C(C)(C)CN)c2cc(C(C)C)ccc2n1C. The van der Waals surface area contributed by atoms with Gasteiger partial charge in [-0.25, -0.2) is 0 Å². The van der Waals surface area contributed by atoms with Crippen molar-refractivity contribution in [2.75, 3.05) is 6.54 Å². The van der Waals surface area contributed by atoms with Gasteiger partial charge in [-0.15, -0.1) is 0 Å². The molecular weight excluding hydrogens is 232 g/mol. The Hall–Kier alpha value is -1.28. The number of rotatable bonds is 3. The smallest absolute Gasteiger partial charge is 0.0483 e. The van der Waals surface area contributed by atoms with Gasteiger partial charge in [-0.2, -0.15) is 0 Å². The molecule has 2 heteroatoms. The minimum absolute atomic E-state index is 0.0131. The van der Waals surface area contributed by atoms with Crippen LogP contribution in [0.1, 0.15) is 50.4 Å². The van der Waals surface area contributed by atoms with E-state index in [1.54, 1.807) is 0 Å². The zero-order chi connectivity index (χ0) is 14.4. The maximum absolute atomic E-state index is 6.00. The molecule has 0 atom stereocenters. The molecule has 2 nitrogen and oxygen atoms in total. The molecule has 0 amide bonds. The summed E-state index contributed by atoms with van der Waals surface area (Å²) < 4.78 is 2.28. The standard InChI is InChI=1S/C17H26N2/c1-11(2)13-7-8-15-14(9-13)16(12(3)19(15)6)17(4,5)10-18/h7-9,11H,10,18H2,1-6H3. The van der Waals surface area contributed by atoms with Gasteiger partial charge in [0.1, 0.15) is 0 Å². The number of aryl methyl sites for hydroxylation is 1. The molecule has 0 spiro atoms. The number of hydrogen-bond acceptors (Lipinski definition) is 1. The fourth-order valence-electron chi connectivity index (χ4n) is 2.91. The molecule has 0 radical (unpaired) electrons. The molecule has 2 aromatic rings. The van der Waals surface area contributed by atoms with E-state index in [9.17, 15) is 0 Å². The van der Waals surface area contributed by atoms with E-state index in [2.05, 4.69) is 64.4 Å². The highest BCUT2D eigenvalue weighted by Crippen LogP contribution is 2.35.